The number of carbonyl (C=O) groups is 1. The fourth-order valence-electron chi connectivity index (χ4n) is 2.60. The Balaban J connectivity index is 1.93. The maximum absolute atomic E-state index is 11.1. The van der Waals surface area contributed by atoms with Crippen molar-refractivity contribution in [3.05, 3.63) is 41.3 Å². The highest BCUT2D eigenvalue weighted by Gasteiger charge is 2.18. The predicted octanol–water partition coefficient (Wildman–Crippen LogP) is 2.87. The van der Waals surface area contributed by atoms with Gasteiger partial charge in [-0.3, -0.25) is 0 Å². The third-order valence-corrected chi connectivity index (χ3v) is 4.94. The van der Waals surface area contributed by atoms with E-state index < -0.39 is 5.97 Å². The summed E-state index contributed by atoms with van der Waals surface area (Å²) in [6.07, 6.45) is 0. The predicted molar refractivity (Wildman–Crippen MR) is 86.4 cm³/mol. The van der Waals surface area contributed by atoms with Gasteiger partial charge in [0.05, 0.1) is 0 Å². The minimum atomic E-state index is -0.858. The Morgan fingerprint density at radius 3 is 2.48 bits per heavy atom. The Kier molecular flexibility index (Phi) is 3.94. The number of anilines is 1. The fraction of sp³-hybridized carbons (Fsp3) is 0.312. The largest absolute Gasteiger partial charge is 0.477 e. The van der Waals surface area contributed by atoms with Crippen LogP contribution in [-0.4, -0.2) is 49.2 Å². The van der Waals surface area contributed by atoms with E-state index in [0.717, 1.165) is 36.6 Å². The molecule has 110 valence electrons. The molecule has 0 saturated carbocycles. The normalized spacial score (nSPS) is 16.1. The summed E-state index contributed by atoms with van der Waals surface area (Å²) in [6.45, 7) is 4.12. The minimum absolute atomic E-state index is 0.387. The number of thiophene rings is 1. The van der Waals surface area contributed by atoms with Gasteiger partial charge in [-0.25, -0.2) is 4.79 Å². The van der Waals surface area contributed by atoms with E-state index in [9.17, 15) is 4.79 Å². The number of likely N-dealkylation sites (N-methyl/N-ethyl adjacent to an activating group) is 1. The van der Waals surface area contributed by atoms with Gasteiger partial charge in [0.25, 0.3) is 0 Å². The monoisotopic (exact) mass is 302 g/mol. The highest BCUT2D eigenvalue weighted by Crippen LogP contribution is 2.35. The molecule has 2 heterocycles. The second-order valence-electron chi connectivity index (χ2n) is 5.28. The van der Waals surface area contributed by atoms with Gasteiger partial charge in [-0.15, -0.1) is 11.3 Å². The first-order chi connectivity index (χ1) is 10.1. The molecule has 5 heteroatoms. The van der Waals surface area contributed by atoms with Crippen molar-refractivity contribution in [1.29, 1.82) is 0 Å². The van der Waals surface area contributed by atoms with Crippen LogP contribution in [0.1, 0.15) is 9.67 Å². The van der Waals surface area contributed by atoms with E-state index in [1.807, 2.05) is 18.2 Å². The van der Waals surface area contributed by atoms with Crippen molar-refractivity contribution in [2.45, 2.75) is 0 Å². The first-order valence-electron chi connectivity index (χ1n) is 7.01. The third kappa shape index (κ3) is 2.94. The van der Waals surface area contributed by atoms with Gasteiger partial charge in [0, 0.05) is 42.3 Å². The van der Waals surface area contributed by atoms with Crippen LogP contribution in [0.15, 0.2) is 36.4 Å². The molecular weight excluding hydrogens is 284 g/mol. The van der Waals surface area contributed by atoms with Crippen LogP contribution in [0.2, 0.25) is 0 Å². The molecule has 2 aromatic rings. The maximum atomic E-state index is 11.1. The van der Waals surface area contributed by atoms with Crippen LogP contribution in [0, 0.1) is 0 Å². The van der Waals surface area contributed by atoms with E-state index in [2.05, 4.69) is 29.0 Å². The molecule has 21 heavy (non-hydrogen) atoms. The highest BCUT2D eigenvalue weighted by atomic mass is 32.1. The summed E-state index contributed by atoms with van der Waals surface area (Å²) >= 11 is 1.34. The van der Waals surface area contributed by atoms with Gasteiger partial charge in [0.2, 0.25) is 0 Å². The number of rotatable bonds is 3. The fourth-order valence-corrected chi connectivity index (χ4v) is 3.48. The van der Waals surface area contributed by atoms with Gasteiger partial charge in [0.1, 0.15) is 4.88 Å². The number of para-hydroxylation sites is 1. The number of hydrogen-bond acceptors (Lipinski definition) is 4. The zero-order valence-electron chi connectivity index (χ0n) is 12.0. The number of aromatic carboxylic acids is 1. The molecule has 1 N–H and O–H groups in total. The zero-order valence-corrected chi connectivity index (χ0v) is 12.8. The average molecular weight is 302 g/mol. The Labute approximate surface area is 128 Å². The molecule has 1 aromatic heterocycles. The average Bonchev–Trinajstić information content (AvgIpc) is 2.98. The number of piperazine rings is 1. The van der Waals surface area contributed by atoms with Crippen LogP contribution >= 0.6 is 11.3 Å². The lowest BCUT2D eigenvalue weighted by Gasteiger charge is -2.35. The van der Waals surface area contributed by atoms with Crippen molar-refractivity contribution in [2.75, 3.05) is 38.1 Å². The number of nitrogens with zero attached hydrogens (tertiary/aromatic N) is 2. The van der Waals surface area contributed by atoms with Gasteiger partial charge in [-0.2, -0.15) is 0 Å². The topological polar surface area (TPSA) is 43.8 Å². The summed E-state index contributed by atoms with van der Waals surface area (Å²) in [5, 5.41) is 9.09. The molecule has 1 aliphatic heterocycles. The van der Waals surface area contributed by atoms with E-state index in [1.165, 1.54) is 17.0 Å². The van der Waals surface area contributed by atoms with Gasteiger partial charge >= 0.3 is 5.97 Å². The van der Waals surface area contributed by atoms with Gasteiger partial charge in [0.15, 0.2) is 0 Å². The summed E-state index contributed by atoms with van der Waals surface area (Å²) in [5.41, 5.74) is 2.32. The zero-order chi connectivity index (χ0) is 14.8. The SMILES string of the molecule is CN1CCN(c2ccccc2-c2ccc(C(=O)O)s2)CC1. The van der Waals surface area contributed by atoms with E-state index >= 15 is 0 Å². The molecule has 1 saturated heterocycles. The van der Waals surface area contributed by atoms with Crippen molar-refractivity contribution in [1.82, 2.24) is 4.90 Å². The smallest absolute Gasteiger partial charge is 0.345 e. The first kappa shape index (κ1) is 14.1. The summed E-state index contributed by atoms with van der Waals surface area (Å²) in [5.74, 6) is -0.858. The Morgan fingerprint density at radius 1 is 1.10 bits per heavy atom. The van der Waals surface area contributed by atoms with Gasteiger partial charge < -0.3 is 14.9 Å². The molecule has 0 bridgehead atoms. The van der Waals surface area contributed by atoms with Crippen molar-refractivity contribution in [2.24, 2.45) is 0 Å². The first-order valence-corrected chi connectivity index (χ1v) is 7.83. The maximum Gasteiger partial charge on any atom is 0.345 e. The van der Waals surface area contributed by atoms with E-state index in [1.54, 1.807) is 6.07 Å². The molecule has 1 fully saturated rings. The van der Waals surface area contributed by atoms with Crippen LogP contribution < -0.4 is 4.90 Å². The van der Waals surface area contributed by atoms with Crippen molar-refractivity contribution >= 4 is 23.0 Å². The molecule has 0 spiro atoms. The van der Waals surface area contributed by atoms with E-state index in [0.29, 0.717) is 4.88 Å². The molecule has 1 aromatic carbocycles. The van der Waals surface area contributed by atoms with Crippen LogP contribution in [0.25, 0.3) is 10.4 Å². The number of benzene rings is 1. The Bertz CT molecular complexity index is 645. The second-order valence-corrected chi connectivity index (χ2v) is 6.36. The highest BCUT2D eigenvalue weighted by molar-refractivity contribution is 7.17. The van der Waals surface area contributed by atoms with Crippen LogP contribution in [0.5, 0.6) is 0 Å². The molecule has 0 unspecified atom stereocenters. The summed E-state index contributed by atoms with van der Waals surface area (Å²) in [6, 6.07) is 11.8. The molecule has 4 nitrogen and oxygen atoms in total. The second kappa shape index (κ2) is 5.87. The van der Waals surface area contributed by atoms with E-state index in [4.69, 9.17) is 5.11 Å². The lowest BCUT2D eigenvalue weighted by molar-refractivity contribution is 0.0702. The molecule has 0 atom stereocenters. The quantitative estimate of drug-likeness (QED) is 0.947. The summed E-state index contributed by atoms with van der Waals surface area (Å²) < 4.78 is 0. The number of carboxylic acid groups (broad SMARTS) is 1. The van der Waals surface area contributed by atoms with Crippen molar-refractivity contribution in [3.8, 4) is 10.4 Å². The van der Waals surface area contributed by atoms with Crippen LogP contribution in [0.3, 0.4) is 0 Å². The van der Waals surface area contributed by atoms with Crippen LogP contribution in [-0.2, 0) is 0 Å². The van der Waals surface area contributed by atoms with Gasteiger partial charge in [-0.1, -0.05) is 18.2 Å². The van der Waals surface area contributed by atoms with Crippen LogP contribution in [0.4, 0.5) is 5.69 Å². The summed E-state index contributed by atoms with van der Waals surface area (Å²) in [7, 11) is 2.14. The lowest BCUT2D eigenvalue weighted by Crippen LogP contribution is -2.44. The number of carboxylic acids is 1. The number of hydrogen-bond donors (Lipinski definition) is 1. The Morgan fingerprint density at radius 2 is 1.81 bits per heavy atom. The Hall–Kier alpha value is -1.85. The lowest BCUT2D eigenvalue weighted by atomic mass is 10.1. The standard InChI is InChI=1S/C16H18N2O2S/c1-17-8-10-18(11-9-17)13-5-3-2-4-12(13)14-6-7-15(21-14)16(19)20/h2-7H,8-11H2,1H3,(H,19,20). The van der Waals surface area contributed by atoms with Crippen molar-refractivity contribution < 1.29 is 9.90 Å². The molecule has 0 aliphatic carbocycles. The summed E-state index contributed by atoms with van der Waals surface area (Å²) in [4.78, 5) is 17.2. The molecule has 0 amide bonds. The molecular formula is C16H18N2O2S. The van der Waals surface area contributed by atoms with Crippen molar-refractivity contribution in [3.63, 3.8) is 0 Å². The molecule has 3 rings (SSSR count). The molecule has 1 aliphatic rings. The van der Waals surface area contributed by atoms with E-state index in [-0.39, 0.29) is 0 Å². The van der Waals surface area contributed by atoms with Gasteiger partial charge in [-0.05, 0) is 25.2 Å². The third-order valence-electron chi connectivity index (χ3n) is 3.83. The minimum Gasteiger partial charge on any atom is -0.477 e. The molecule has 0 radical (unpaired) electrons.